The third-order valence-corrected chi connectivity index (χ3v) is 8.27. The van der Waals surface area contributed by atoms with Crippen LogP contribution >= 0.6 is 11.6 Å². The number of nitrogen functional groups attached to an aromatic ring is 1. The Bertz CT molecular complexity index is 1990. The molecular formula is C33H30ClFN8O2. The molecule has 1 aliphatic rings. The van der Waals surface area contributed by atoms with Gasteiger partial charge in [0, 0.05) is 36.9 Å². The van der Waals surface area contributed by atoms with Crippen molar-refractivity contribution in [3.63, 3.8) is 0 Å². The van der Waals surface area contributed by atoms with Gasteiger partial charge < -0.3 is 15.5 Å². The van der Waals surface area contributed by atoms with Gasteiger partial charge in [-0.05, 0) is 48.7 Å². The number of hydrogen-bond donors (Lipinski definition) is 1. The number of nitrogens with zero attached hydrogens (tertiary/aromatic N) is 7. The highest BCUT2D eigenvalue weighted by Gasteiger charge is 2.34. The summed E-state index contributed by atoms with van der Waals surface area (Å²) < 4.78 is 16.6. The maximum absolute atomic E-state index is 15.2. The van der Waals surface area contributed by atoms with Crippen LogP contribution in [0.2, 0.25) is 5.02 Å². The highest BCUT2D eigenvalue weighted by Crippen LogP contribution is 2.39. The lowest BCUT2D eigenvalue weighted by Gasteiger charge is -2.42. The van der Waals surface area contributed by atoms with Crippen LogP contribution in [0.5, 0.6) is 0 Å². The van der Waals surface area contributed by atoms with Gasteiger partial charge >= 0.3 is 0 Å². The van der Waals surface area contributed by atoms with E-state index in [1.165, 1.54) is 28.8 Å². The van der Waals surface area contributed by atoms with Gasteiger partial charge in [-0.3, -0.25) is 19.1 Å². The lowest BCUT2D eigenvalue weighted by atomic mass is 10.0. The number of pyridine rings is 3. The van der Waals surface area contributed by atoms with Gasteiger partial charge in [0.05, 0.1) is 51.9 Å². The van der Waals surface area contributed by atoms with Crippen LogP contribution in [0.25, 0.3) is 28.0 Å². The molecule has 1 atom stereocenters. The molecule has 1 aliphatic heterocycles. The van der Waals surface area contributed by atoms with Crippen LogP contribution in [0, 0.1) is 35.4 Å². The number of aryl methyl sites for hydroxylation is 1. The Hall–Kier alpha value is -5.26. The smallest absolute Gasteiger partial charge is 0.276 e. The summed E-state index contributed by atoms with van der Waals surface area (Å²) in [7, 11) is 0. The van der Waals surface area contributed by atoms with E-state index in [-0.39, 0.29) is 76.7 Å². The Morgan fingerprint density at radius 1 is 1.27 bits per heavy atom. The van der Waals surface area contributed by atoms with Gasteiger partial charge in [-0.15, -0.1) is 0 Å². The van der Waals surface area contributed by atoms with Crippen LogP contribution in [0.1, 0.15) is 43.0 Å². The minimum absolute atomic E-state index is 0.0214. The number of carbonyl (C=O) groups excluding carboxylic acids is 1. The van der Waals surface area contributed by atoms with Crippen LogP contribution in [-0.2, 0) is 4.79 Å². The highest BCUT2D eigenvalue weighted by molar-refractivity contribution is 6.34. The van der Waals surface area contributed by atoms with E-state index in [1.54, 1.807) is 28.1 Å². The number of fused-ring (bicyclic) bond motifs is 1. The summed E-state index contributed by atoms with van der Waals surface area (Å²) in [6, 6.07) is 11.2. The molecule has 1 aromatic carbocycles. The Kier molecular flexibility index (Phi) is 8.58. The van der Waals surface area contributed by atoms with Gasteiger partial charge in [0.1, 0.15) is 23.1 Å². The Labute approximate surface area is 264 Å². The van der Waals surface area contributed by atoms with Crippen molar-refractivity contribution in [2.45, 2.75) is 39.2 Å². The van der Waals surface area contributed by atoms with E-state index in [0.29, 0.717) is 22.3 Å². The van der Waals surface area contributed by atoms with Crippen molar-refractivity contribution in [2.24, 2.45) is 0 Å². The minimum Gasteiger partial charge on any atom is -0.398 e. The summed E-state index contributed by atoms with van der Waals surface area (Å²) in [6.45, 7) is 9.90. The summed E-state index contributed by atoms with van der Waals surface area (Å²) in [6.07, 6.45) is 2.87. The molecule has 3 aromatic heterocycles. The molecule has 4 heterocycles. The molecule has 12 heteroatoms. The molecule has 0 bridgehead atoms. The van der Waals surface area contributed by atoms with Gasteiger partial charge in [0.15, 0.2) is 0 Å². The second-order valence-electron chi connectivity index (χ2n) is 11.1. The molecule has 1 saturated heterocycles. The molecule has 45 heavy (non-hydrogen) atoms. The summed E-state index contributed by atoms with van der Waals surface area (Å²) in [4.78, 5) is 39.8. The third kappa shape index (κ3) is 5.36. The summed E-state index contributed by atoms with van der Waals surface area (Å²) in [5, 5.41) is 20.4. The maximum Gasteiger partial charge on any atom is 0.276 e. The van der Waals surface area contributed by atoms with Crippen molar-refractivity contribution >= 4 is 39.9 Å². The van der Waals surface area contributed by atoms with Crippen molar-refractivity contribution < 1.29 is 9.18 Å². The van der Waals surface area contributed by atoms with Crippen molar-refractivity contribution in [3.8, 4) is 29.1 Å². The first-order chi connectivity index (χ1) is 21.5. The topological polar surface area (TPSA) is 145 Å². The first-order valence-electron chi connectivity index (χ1n) is 14.3. The van der Waals surface area contributed by atoms with Crippen LogP contribution in [0.3, 0.4) is 0 Å². The number of halogens is 2. The zero-order valence-corrected chi connectivity index (χ0v) is 25.8. The lowest BCUT2D eigenvalue weighted by Crippen LogP contribution is -2.55. The van der Waals surface area contributed by atoms with E-state index >= 15 is 4.39 Å². The molecule has 5 rings (SSSR count). The fourth-order valence-corrected chi connectivity index (χ4v) is 6.15. The molecular weight excluding hydrogens is 595 g/mol. The number of aromatic nitrogens is 3. The standard InChI is InChI=1S/C33H30ClFN8O2/c1-5-26(44)42-14-13-41(17-20(42)9-11-36)31-21-15-23(34)29(27-24(35)7-6-8-25(27)38)40-32(21)43(33(45)22(31)16-37)30-19(4)10-12-39-28(30)18(2)3/h5-8,10,12,15,18,20H,1,9,13-14,17,38H2,2-4H3/t20-/m0/s1. The molecule has 0 aliphatic carbocycles. The van der Waals surface area contributed by atoms with Crippen molar-refractivity contribution in [2.75, 3.05) is 30.3 Å². The molecule has 2 N–H and O–H groups in total. The fraction of sp³-hybridized carbons (Fsp3) is 0.273. The Balaban J connectivity index is 1.90. The van der Waals surface area contributed by atoms with E-state index in [2.05, 4.69) is 23.7 Å². The van der Waals surface area contributed by atoms with Crippen LogP contribution in [0.4, 0.5) is 15.8 Å². The summed E-state index contributed by atoms with van der Waals surface area (Å²) >= 11 is 6.81. The van der Waals surface area contributed by atoms with Gasteiger partial charge in [-0.1, -0.05) is 38.1 Å². The van der Waals surface area contributed by atoms with Crippen molar-refractivity contribution in [1.29, 1.82) is 10.5 Å². The molecule has 228 valence electrons. The number of benzene rings is 1. The molecule has 1 amide bonds. The SMILES string of the molecule is C=CC(=O)N1CCN(c2c(C#N)c(=O)n(-c3c(C)ccnc3C(C)C)c3nc(-c4c(N)cccc4F)c(Cl)cc23)C[C@@H]1CC#N. The van der Waals surface area contributed by atoms with Gasteiger partial charge in [-0.2, -0.15) is 10.5 Å². The van der Waals surface area contributed by atoms with Crippen LogP contribution < -0.4 is 16.2 Å². The zero-order chi connectivity index (χ0) is 32.6. The Morgan fingerprint density at radius 2 is 2.02 bits per heavy atom. The lowest BCUT2D eigenvalue weighted by molar-refractivity contribution is -0.128. The van der Waals surface area contributed by atoms with Crippen molar-refractivity contribution in [3.05, 3.63) is 87.2 Å². The second kappa shape index (κ2) is 12.4. The summed E-state index contributed by atoms with van der Waals surface area (Å²) in [5.41, 5.74) is 7.62. The first kappa shape index (κ1) is 31.2. The number of rotatable bonds is 6. The number of hydrogen-bond acceptors (Lipinski definition) is 8. The van der Waals surface area contributed by atoms with Crippen LogP contribution in [0.15, 0.2) is 54.0 Å². The normalized spacial score (nSPS) is 14.8. The first-order valence-corrected chi connectivity index (χ1v) is 14.7. The van der Waals surface area contributed by atoms with E-state index in [0.717, 1.165) is 0 Å². The predicted octanol–water partition coefficient (Wildman–Crippen LogP) is 5.24. The average Bonchev–Trinajstić information content (AvgIpc) is 3.01. The van der Waals surface area contributed by atoms with E-state index in [1.807, 2.05) is 20.8 Å². The zero-order valence-electron chi connectivity index (χ0n) is 25.0. The van der Waals surface area contributed by atoms with Crippen molar-refractivity contribution in [1.82, 2.24) is 19.4 Å². The minimum atomic E-state index is -0.651. The number of anilines is 2. The van der Waals surface area contributed by atoms with E-state index < -0.39 is 17.4 Å². The fourth-order valence-electron chi connectivity index (χ4n) is 5.90. The molecule has 0 unspecified atom stereocenters. The van der Waals surface area contributed by atoms with E-state index in [4.69, 9.17) is 22.3 Å². The number of nitriles is 2. The van der Waals surface area contributed by atoms with Gasteiger partial charge in [0.25, 0.3) is 5.56 Å². The monoisotopic (exact) mass is 624 g/mol. The number of carbonyl (C=O) groups is 1. The molecule has 4 aromatic rings. The molecule has 0 saturated carbocycles. The quantitative estimate of drug-likeness (QED) is 0.226. The Morgan fingerprint density at radius 3 is 2.67 bits per heavy atom. The molecule has 1 fully saturated rings. The van der Waals surface area contributed by atoms with Gasteiger partial charge in [0.2, 0.25) is 5.91 Å². The van der Waals surface area contributed by atoms with Gasteiger partial charge in [-0.25, -0.2) is 9.37 Å². The molecule has 0 radical (unpaired) electrons. The number of amides is 1. The molecule has 0 spiro atoms. The largest absolute Gasteiger partial charge is 0.398 e. The van der Waals surface area contributed by atoms with E-state index in [9.17, 15) is 20.1 Å². The number of nitrogens with two attached hydrogens (primary N) is 1. The number of piperazine rings is 1. The molecule has 10 nitrogen and oxygen atoms in total. The maximum atomic E-state index is 15.2. The highest BCUT2D eigenvalue weighted by atomic mass is 35.5. The van der Waals surface area contributed by atoms with Crippen LogP contribution in [-0.4, -0.2) is 51.0 Å². The second-order valence-corrected chi connectivity index (χ2v) is 11.5. The summed E-state index contributed by atoms with van der Waals surface area (Å²) in [5.74, 6) is -1.07. The third-order valence-electron chi connectivity index (χ3n) is 7.98. The predicted molar refractivity (Wildman–Crippen MR) is 172 cm³/mol. The average molecular weight is 625 g/mol.